The van der Waals surface area contributed by atoms with Crippen LogP contribution in [-0.2, 0) is 0 Å². The maximum Gasteiger partial charge on any atom is 0.336 e. The average molecular weight is 558 g/mol. The smallest absolute Gasteiger partial charge is 0.336 e. The van der Waals surface area contributed by atoms with Gasteiger partial charge in [-0.3, -0.25) is 0 Å². The van der Waals surface area contributed by atoms with Gasteiger partial charge in [-0.15, -0.1) is 30.1 Å². The maximum atomic E-state index is 13.4. The van der Waals surface area contributed by atoms with Crippen LogP contribution in [0.4, 0.5) is 10.1 Å². The first-order chi connectivity index (χ1) is 18.1. The van der Waals surface area contributed by atoms with Crippen molar-refractivity contribution in [2.45, 2.75) is 64.7 Å². The van der Waals surface area contributed by atoms with Crippen LogP contribution in [0.25, 0.3) is 0 Å². The molecule has 0 heterocycles. The Morgan fingerprint density at radius 3 is 2.03 bits per heavy atom. The third-order valence-corrected chi connectivity index (χ3v) is 7.82. The van der Waals surface area contributed by atoms with E-state index in [0.717, 1.165) is 44.5 Å². The summed E-state index contributed by atoms with van der Waals surface area (Å²) >= 11 is 3.51. The molecular weight excluding hydrogens is 517 g/mol. The molecule has 2 N–H and O–H groups in total. The molecule has 4 nitrogen and oxygen atoms in total. The Hall–Kier alpha value is -2.90. The molecule has 0 spiro atoms. The van der Waals surface area contributed by atoms with Crippen molar-refractivity contribution in [3.63, 3.8) is 0 Å². The molecule has 0 amide bonds. The van der Waals surface area contributed by atoms with E-state index in [1.54, 1.807) is 54.7 Å². The standard InChI is InChI=1S/C24H24FNO3S2.C5H10.C2H6/c1-15-4-7-20(14-22(15)24(27)28)29-26-19-5-8-21(9-6-19)30-10-11-31-23-16(2)12-18(25)13-17(23)3;1-4-5(2)3;1-2/h4-9,12-14,26H,10-11H2,1-3H3,(H,27,28);2,4H2,1,3H3;1-2H3. The van der Waals surface area contributed by atoms with Gasteiger partial charge >= 0.3 is 5.97 Å². The summed E-state index contributed by atoms with van der Waals surface area (Å²) in [5, 5.41) is 9.20. The molecule has 0 radical (unpaired) electrons. The number of rotatable bonds is 10. The van der Waals surface area contributed by atoms with E-state index >= 15 is 0 Å². The zero-order valence-electron chi connectivity index (χ0n) is 23.5. The minimum absolute atomic E-state index is 0.184. The highest BCUT2D eigenvalue weighted by Gasteiger charge is 2.09. The third kappa shape index (κ3) is 11.7. The number of aryl methyl sites for hydroxylation is 3. The van der Waals surface area contributed by atoms with Crippen LogP contribution in [0.15, 0.2) is 76.5 Å². The Bertz CT molecular complexity index is 1160. The van der Waals surface area contributed by atoms with Crippen LogP contribution in [0.2, 0.25) is 0 Å². The summed E-state index contributed by atoms with van der Waals surface area (Å²) in [7, 11) is 0. The molecule has 0 fully saturated rings. The van der Waals surface area contributed by atoms with Gasteiger partial charge in [-0.05, 0) is 99.3 Å². The van der Waals surface area contributed by atoms with Crippen LogP contribution in [0.1, 0.15) is 61.2 Å². The summed E-state index contributed by atoms with van der Waals surface area (Å²) in [5.74, 6) is 1.14. The third-order valence-electron chi connectivity index (χ3n) is 5.21. The van der Waals surface area contributed by atoms with Crippen LogP contribution in [0, 0.1) is 26.6 Å². The van der Waals surface area contributed by atoms with E-state index in [9.17, 15) is 14.3 Å². The molecular formula is C31H40FNO3S2. The Labute approximate surface area is 236 Å². The number of carboxylic acid groups (broad SMARTS) is 1. The van der Waals surface area contributed by atoms with Crippen molar-refractivity contribution in [1.29, 1.82) is 0 Å². The highest BCUT2D eigenvalue weighted by molar-refractivity contribution is 8.03. The Balaban J connectivity index is 0.000000924. The van der Waals surface area contributed by atoms with Crippen molar-refractivity contribution in [3.8, 4) is 5.75 Å². The summed E-state index contributed by atoms with van der Waals surface area (Å²) < 4.78 is 13.4. The van der Waals surface area contributed by atoms with Gasteiger partial charge in [0.2, 0.25) is 0 Å². The second-order valence-corrected chi connectivity index (χ2v) is 10.7. The second kappa shape index (κ2) is 17.6. The van der Waals surface area contributed by atoms with Crippen LogP contribution >= 0.6 is 23.5 Å². The first-order valence-electron chi connectivity index (χ1n) is 12.6. The fraction of sp³-hybridized carbons (Fsp3) is 0.323. The highest BCUT2D eigenvalue weighted by atomic mass is 32.2. The van der Waals surface area contributed by atoms with Gasteiger partial charge in [-0.1, -0.05) is 32.4 Å². The molecule has 0 aliphatic heterocycles. The van der Waals surface area contributed by atoms with E-state index in [-0.39, 0.29) is 11.4 Å². The number of benzene rings is 3. The number of carbonyl (C=O) groups is 1. The molecule has 38 heavy (non-hydrogen) atoms. The summed E-state index contributed by atoms with van der Waals surface area (Å²) in [6, 6.07) is 15.9. The normalized spacial score (nSPS) is 9.89. The Morgan fingerprint density at radius 1 is 0.947 bits per heavy atom. The minimum Gasteiger partial charge on any atom is -0.478 e. The van der Waals surface area contributed by atoms with Crippen LogP contribution in [-0.4, -0.2) is 22.6 Å². The molecule has 0 atom stereocenters. The molecule has 0 saturated heterocycles. The van der Waals surface area contributed by atoms with Gasteiger partial charge in [0.1, 0.15) is 5.82 Å². The van der Waals surface area contributed by atoms with Crippen molar-refractivity contribution >= 4 is 35.2 Å². The number of halogens is 1. The molecule has 0 aliphatic rings. The van der Waals surface area contributed by atoms with Crippen LogP contribution in [0.5, 0.6) is 5.75 Å². The number of aromatic carboxylic acids is 1. The molecule has 7 heteroatoms. The molecule has 206 valence electrons. The zero-order chi connectivity index (χ0) is 28.7. The lowest BCUT2D eigenvalue weighted by Crippen LogP contribution is -2.06. The van der Waals surface area contributed by atoms with E-state index < -0.39 is 5.97 Å². The Kier molecular flexibility index (Phi) is 15.3. The average Bonchev–Trinajstić information content (AvgIpc) is 2.89. The number of allylic oxidation sites excluding steroid dienone is 1. The van der Waals surface area contributed by atoms with Gasteiger partial charge in [0.15, 0.2) is 5.75 Å². The summed E-state index contributed by atoms with van der Waals surface area (Å²) in [4.78, 5) is 19.0. The lowest BCUT2D eigenvalue weighted by molar-refractivity contribution is 0.0695. The van der Waals surface area contributed by atoms with Crippen molar-refractivity contribution in [3.05, 3.63) is 94.8 Å². The number of anilines is 1. The number of hydrogen-bond acceptors (Lipinski definition) is 5. The van der Waals surface area contributed by atoms with Crippen LogP contribution in [0.3, 0.4) is 0 Å². The van der Waals surface area contributed by atoms with E-state index in [4.69, 9.17) is 4.84 Å². The SMILES string of the molecule is C=C(C)CC.CC.Cc1ccc(ONc2ccc(SCCSc3c(C)cc(F)cc3C)cc2)cc1C(=O)O. The molecule has 0 bridgehead atoms. The first kappa shape index (κ1) is 33.1. The zero-order valence-corrected chi connectivity index (χ0v) is 25.1. The molecule has 3 aromatic rings. The van der Waals surface area contributed by atoms with Crippen molar-refractivity contribution in [2.24, 2.45) is 0 Å². The Morgan fingerprint density at radius 2 is 1.50 bits per heavy atom. The lowest BCUT2D eigenvalue weighted by atomic mass is 10.1. The van der Waals surface area contributed by atoms with E-state index in [2.05, 4.69) is 19.0 Å². The first-order valence-corrected chi connectivity index (χ1v) is 14.6. The number of nitrogens with one attached hydrogen (secondary N) is 1. The molecule has 3 aromatic carbocycles. The number of hydrogen-bond donors (Lipinski definition) is 2. The predicted molar refractivity (Wildman–Crippen MR) is 163 cm³/mol. The van der Waals surface area contributed by atoms with Gasteiger partial charge in [-0.25, -0.2) is 14.7 Å². The largest absolute Gasteiger partial charge is 0.478 e. The van der Waals surface area contributed by atoms with Gasteiger partial charge < -0.3 is 9.94 Å². The summed E-state index contributed by atoms with van der Waals surface area (Å²) in [6.45, 7) is 17.4. The minimum atomic E-state index is -0.979. The molecule has 3 rings (SSSR count). The van der Waals surface area contributed by atoms with E-state index in [1.807, 2.05) is 58.9 Å². The second-order valence-electron chi connectivity index (χ2n) is 8.39. The van der Waals surface area contributed by atoms with Gasteiger partial charge in [0.05, 0.1) is 11.3 Å². The molecule has 0 unspecified atom stereocenters. The maximum absolute atomic E-state index is 13.4. The fourth-order valence-corrected chi connectivity index (χ4v) is 5.07. The summed E-state index contributed by atoms with van der Waals surface area (Å²) in [6.07, 6.45) is 1.11. The molecule has 0 saturated carbocycles. The summed E-state index contributed by atoms with van der Waals surface area (Å²) in [5.41, 5.74) is 7.73. The van der Waals surface area contributed by atoms with E-state index in [1.165, 1.54) is 11.6 Å². The topological polar surface area (TPSA) is 58.6 Å². The number of thioether (sulfide) groups is 2. The monoisotopic (exact) mass is 557 g/mol. The van der Waals surface area contributed by atoms with Crippen molar-refractivity contribution in [2.75, 3.05) is 17.0 Å². The van der Waals surface area contributed by atoms with Gasteiger partial charge in [-0.2, -0.15) is 0 Å². The molecule has 0 aliphatic carbocycles. The predicted octanol–water partition coefficient (Wildman–Crippen LogP) is 9.74. The number of carboxylic acids is 1. The van der Waals surface area contributed by atoms with Crippen LogP contribution < -0.4 is 10.3 Å². The van der Waals surface area contributed by atoms with Gasteiger partial charge in [0, 0.05) is 21.3 Å². The quantitative estimate of drug-likeness (QED) is 0.112. The highest BCUT2D eigenvalue weighted by Crippen LogP contribution is 2.29. The van der Waals surface area contributed by atoms with Crippen molar-refractivity contribution in [1.82, 2.24) is 0 Å². The lowest BCUT2D eigenvalue weighted by Gasteiger charge is -2.11. The fourth-order valence-electron chi connectivity index (χ4n) is 3.06. The molecule has 0 aromatic heterocycles. The van der Waals surface area contributed by atoms with E-state index in [0.29, 0.717) is 11.3 Å². The van der Waals surface area contributed by atoms with Crippen molar-refractivity contribution < 1.29 is 19.1 Å². The van der Waals surface area contributed by atoms with Gasteiger partial charge in [0.25, 0.3) is 0 Å².